The molecule has 3 fully saturated rings. The predicted octanol–water partition coefficient (Wildman–Crippen LogP) is 5.57. The monoisotopic (exact) mass is 839 g/mol. The van der Waals surface area contributed by atoms with Crippen molar-refractivity contribution in [1.82, 2.24) is 24.8 Å². The molecule has 2 saturated carbocycles. The van der Waals surface area contributed by atoms with Crippen LogP contribution in [0.3, 0.4) is 0 Å². The summed E-state index contributed by atoms with van der Waals surface area (Å²) in [5, 5.41) is 13.3. The first-order valence-electron chi connectivity index (χ1n) is 19.4. The zero-order valence-electron chi connectivity index (χ0n) is 32.5. The van der Waals surface area contributed by atoms with Crippen molar-refractivity contribution < 1.29 is 59.4 Å². The number of sulfonamides is 1. The maximum atomic E-state index is 14.9. The second-order valence-electron chi connectivity index (χ2n) is 17.2. The van der Waals surface area contributed by atoms with Crippen molar-refractivity contribution in [2.75, 3.05) is 6.54 Å². The van der Waals surface area contributed by atoms with Gasteiger partial charge in [0.1, 0.15) is 34.5 Å². The van der Waals surface area contributed by atoms with Gasteiger partial charge < -0.3 is 20.1 Å². The molecule has 4 amide bonds. The topological polar surface area (TPSA) is 175 Å². The molecule has 19 heteroatoms. The largest absolute Gasteiger partial charge is 0.483 e. The van der Waals surface area contributed by atoms with Gasteiger partial charge in [-0.25, -0.2) is 27.0 Å². The molecular formula is C39H46F5N5O8S. The number of allylic oxidation sites excluding steroid dienone is 1. The van der Waals surface area contributed by atoms with Gasteiger partial charge in [0.2, 0.25) is 21.8 Å². The Bertz CT molecular complexity index is 2230. The van der Waals surface area contributed by atoms with Gasteiger partial charge in [0.15, 0.2) is 11.6 Å². The summed E-state index contributed by atoms with van der Waals surface area (Å²) in [5.74, 6) is -5.64. The smallest absolute Gasteiger partial charge is 0.411 e. The Morgan fingerprint density at radius 1 is 1.07 bits per heavy atom. The van der Waals surface area contributed by atoms with E-state index in [4.69, 9.17) is 4.74 Å². The van der Waals surface area contributed by atoms with Crippen molar-refractivity contribution in [3.63, 3.8) is 0 Å². The molecule has 2 aromatic rings. The Morgan fingerprint density at radius 3 is 2.41 bits per heavy atom. The van der Waals surface area contributed by atoms with Crippen LogP contribution in [0.15, 0.2) is 24.3 Å². The van der Waals surface area contributed by atoms with Gasteiger partial charge in [0, 0.05) is 29.4 Å². The molecule has 13 nitrogen and oxygen atoms in total. The van der Waals surface area contributed by atoms with Gasteiger partial charge in [-0.3, -0.25) is 24.0 Å². The van der Waals surface area contributed by atoms with Gasteiger partial charge in [0.25, 0.3) is 5.91 Å². The number of alkyl halides is 3. The van der Waals surface area contributed by atoms with Crippen LogP contribution < -0.4 is 14.8 Å². The summed E-state index contributed by atoms with van der Waals surface area (Å²) in [6.07, 6.45) is -1.77. The van der Waals surface area contributed by atoms with Gasteiger partial charge >= 0.3 is 12.3 Å². The minimum Gasteiger partial charge on any atom is -0.483 e. The highest BCUT2D eigenvalue weighted by Gasteiger charge is 2.64. The van der Waals surface area contributed by atoms with E-state index in [9.17, 15) is 54.7 Å². The van der Waals surface area contributed by atoms with Crippen molar-refractivity contribution in [3.8, 4) is 5.75 Å². The molecular weight excluding hydrogens is 794 g/mol. The molecule has 5 aliphatic rings. The quantitative estimate of drug-likeness (QED) is 0.257. The number of amides is 4. The number of carboxylic acid groups (broad SMARTS) is 1. The number of halogens is 5. The number of pyridine rings is 1. The first kappa shape index (κ1) is 41.6. The molecule has 1 aromatic carbocycles. The molecule has 0 radical (unpaired) electrons. The summed E-state index contributed by atoms with van der Waals surface area (Å²) in [6, 6.07) is -1.48. The number of aryl methyl sites for hydroxylation is 2. The van der Waals surface area contributed by atoms with Crippen LogP contribution in [0, 0.1) is 24.5 Å². The molecule has 5 atom stereocenters. The second kappa shape index (κ2) is 14.0. The average Bonchev–Trinajstić information content (AvgIpc) is 4.02. The summed E-state index contributed by atoms with van der Waals surface area (Å²) < 4.78 is 106. The standard InChI is InChI=1S/C39H46F5N5O8S/c1-21-30-23(24-16-25(40)26(41)17-27(24)45-21)12-13-37(57-30)19-29-31(50)46-38(33(52)47-58(55,56)36(4)14-15-36)18-22(38)10-8-6-5-7-9-11-28(32(51)48(29)20-37)49(34(53)54)35(2,3)39(42,43)44/h8,10,16-17,22,28-29H,5-7,9,11-15,18-20H2,1-4H3,(H,46,50)(H,47,52)(H,53,54)/b10-8-/t22-,28+,29+,37-,38-/m1/s1. The molecule has 4 heterocycles. The number of carbonyl (C=O) groups excluding carboxylic acids is 3. The van der Waals surface area contributed by atoms with Crippen molar-refractivity contribution >= 4 is 44.7 Å². The lowest BCUT2D eigenvalue weighted by atomic mass is 9.87. The number of ether oxygens (including phenoxy) is 1. The van der Waals surface area contributed by atoms with Crippen LogP contribution in [0.4, 0.5) is 26.7 Å². The lowest BCUT2D eigenvalue weighted by molar-refractivity contribution is -0.220. The maximum absolute atomic E-state index is 14.9. The predicted molar refractivity (Wildman–Crippen MR) is 198 cm³/mol. The first-order chi connectivity index (χ1) is 27.0. The lowest BCUT2D eigenvalue weighted by Crippen LogP contribution is -2.65. The molecule has 0 bridgehead atoms. The van der Waals surface area contributed by atoms with Gasteiger partial charge in [-0.05, 0) is 85.1 Å². The Balaban J connectivity index is 1.30. The molecule has 3 aliphatic heterocycles. The minimum atomic E-state index is -5.11. The third-order valence-corrected chi connectivity index (χ3v) is 15.0. The normalized spacial score (nSPS) is 29.2. The average molecular weight is 840 g/mol. The fourth-order valence-corrected chi connectivity index (χ4v) is 9.98. The number of hydrogen-bond acceptors (Lipinski definition) is 8. The number of nitrogens with zero attached hydrogens (tertiary/aromatic N) is 3. The van der Waals surface area contributed by atoms with Crippen LogP contribution >= 0.6 is 0 Å². The van der Waals surface area contributed by atoms with E-state index < -0.39 is 97.6 Å². The number of nitrogens with one attached hydrogen (secondary N) is 2. The Labute approximate surface area is 331 Å². The second-order valence-corrected chi connectivity index (χ2v) is 19.4. The number of fused-ring (bicyclic) bond motifs is 5. The summed E-state index contributed by atoms with van der Waals surface area (Å²) in [7, 11) is -4.15. The van der Waals surface area contributed by atoms with E-state index >= 15 is 0 Å². The minimum absolute atomic E-state index is 0.0211. The lowest BCUT2D eigenvalue weighted by Gasteiger charge is -2.43. The van der Waals surface area contributed by atoms with E-state index in [-0.39, 0.29) is 65.8 Å². The number of carbonyl (C=O) groups is 4. The Kier molecular flexibility index (Phi) is 10.1. The van der Waals surface area contributed by atoms with Crippen molar-refractivity contribution in [2.24, 2.45) is 5.92 Å². The summed E-state index contributed by atoms with van der Waals surface area (Å²) in [5.41, 5.74) is -5.27. The molecule has 0 unspecified atom stereocenters. The van der Waals surface area contributed by atoms with Crippen LogP contribution in [0.1, 0.15) is 96.2 Å². The summed E-state index contributed by atoms with van der Waals surface area (Å²) in [4.78, 5) is 61.7. The van der Waals surface area contributed by atoms with Crippen LogP contribution in [0.2, 0.25) is 0 Å². The molecule has 1 aromatic heterocycles. The summed E-state index contributed by atoms with van der Waals surface area (Å²) in [6.45, 7) is 3.99. The first-order valence-corrected chi connectivity index (χ1v) is 20.9. The van der Waals surface area contributed by atoms with Crippen molar-refractivity contribution in [3.05, 3.63) is 47.2 Å². The third-order valence-electron chi connectivity index (χ3n) is 12.8. The van der Waals surface area contributed by atoms with Gasteiger partial charge in [-0.15, -0.1) is 0 Å². The number of hydrogen-bond donors (Lipinski definition) is 3. The van der Waals surface area contributed by atoms with Gasteiger partial charge in [-0.1, -0.05) is 25.0 Å². The number of benzene rings is 1. The van der Waals surface area contributed by atoms with Crippen LogP contribution in [-0.4, -0.2) is 98.4 Å². The molecule has 3 N–H and O–H groups in total. The molecule has 7 rings (SSSR count). The van der Waals surface area contributed by atoms with Crippen molar-refractivity contribution in [1.29, 1.82) is 0 Å². The molecule has 316 valence electrons. The molecule has 1 spiro atoms. The Morgan fingerprint density at radius 2 is 1.76 bits per heavy atom. The van der Waals surface area contributed by atoms with Gasteiger partial charge in [0.05, 0.1) is 22.5 Å². The van der Waals surface area contributed by atoms with Gasteiger partial charge in [-0.2, -0.15) is 13.2 Å². The van der Waals surface area contributed by atoms with E-state index in [0.717, 1.165) is 17.0 Å². The number of aromatic nitrogens is 1. The molecule has 1 saturated heterocycles. The fourth-order valence-electron chi connectivity index (χ4n) is 8.67. The van der Waals surface area contributed by atoms with E-state index in [1.165, 1.54) is 6.92 Å². The highest BCUT2D eigenvalue weighted by Crippen LogP contribution is 2.49. The highest BCUT2D eigenvalue weighted by molar-refractivity contribution is 7.91. The highest BCUT2D eigenvalue weighted by atomic mass is 32.2. The van der Waals surface area contributed by atoms with E-state index in [2.05, 4.69) is 15.0 Å². The molecule has 2 aliphatic carbocycles. The van der Waals surface area contributed by atoms with E-state index in [1.807, 2.05) is 0 Å². The maximum Gasteiger partial charge on any atom is 0.411 e. The third kappa shape index (κ3) is 7.03. The van der Waals surface area contributed by atoms with Crippen LogP contribution in [0.25, 0.3) is 10.9 Å². The fraction of sp³-hybridized carbons (Fsp3) is 0.615. The van der Waals surface area contributed by atoms with E-state index in [1.54, 1.807) is 19.1 Å². The zero-order chi connectivity index (χ0) is 42.4. The van der Waals surface area contributed by atoms with Crippen LogP contribution in [-0.2, 0) is 30.8 Å². The SMILES string of the molecule is Cc1nc2cc(F)c(F)cc2c2c1O[C@]1(CC2)C[C@H]2C(=O)N[C@]3(C(=O)NS(=O)(=O)C4(C)CC4)C[C@H]3/C=C\CCCCC[C@H](N(C(=O)O)C(C)(C)C(F)(F)F)C(=O)N2C1. The van der Waals surface area contributed by atoms with Crippen molar-refractivity contribution in [2.45, 2.75) is 138 Å². The molecule has 58 heavy (non-hydrogen) atoms. The van der Waals surface area contributed by atoms with E-state index in [0.29, 0.717) is 51.5 Å². The number of rotatable bonds is 5. The summed E-state index contributed by atoms with van der Waals surface area (Å²) >= 11 is 0. The Hall–Kier alpha value is -4.55. The zero-order valence-corrected chi connectivity index (χ0v) is 33.3. The van der Waals surface area contributed by atoms with Crippen LogP contribution in [0.5, 0.6) is 5.75 Å².